The Morgan fingerprint density at radius 3 is 1.53 bits per heavy atom. The fourth-order valence-electron chi connectivity index (χ4n) is 3.63. The Hall–Kier alpha value is -3.42. The largest absolute Gasteiger partial charge is 0.486 e. The molecule has 8 heteroatoms. The average molecular weight is 440 g/mol. The highest BCUT2D eigenvalue weighted by Gasteiger charge is 2.28. The lowest BCUT2D eigenvalue weighted by molar-refractivity contribution is -0.128. The molecule has 0 fully saturated rings. The molecule has 0 saturated heterocycles. The van der Waals surface area contributed by atoms with Crippen molar-refractivity contribution in [3.05, 3.63) is 48.5 Å². The van der Waals surface area contributed by atoms with Crippen molar-refractivity contribution in [1.29, 1.82) is 0 Å². The van der Waals surface area contributed by atoms with Gasteiger partial charge in [-0.05, 0) is 38.1 Å². The summed E-state index contributed by atoms with van der Waals surface area (Å²) in [5.41, 5.74) is 0. The first-order valence-electron chi connectivity index (χ1n) is 10.9. The molecule has 2 aromatic carbocycles. The Morgan fingerprint density at radius 1 is 0.750 bits per heavy atom. The molecule has 0 aliphatic carbocycles. The molecule has 4 atom stereocenters. The van der Waals surface area contributed by atoms with E-state index in [4.69, 9.17) is 18.9 Å². The van der Waals surface area contributed by atoms with Crippen LogP contribution in [0.5, 0.6) is 23.0 Å². The molecule has 0 aromatic heterocycles. The monoisotopic (exact) mass is 440 g/mol. The number of carbonyl (C=O) groups excluding carboxylic acids is 2. The number of amides is 2. The molecule has 2 aliphatic rings. The van der Waals surface area contributed by atoms with Gasteiger partial charge in [-0.3, -0.25) is 9.59 Å². The van der Waals surface area contributed by atoms with Gasteiger partial charge < -0.3 is 29.6 Å². The van der Waals surface area contributed by atoms with Gasteiger partial charge >= 0.3 is 0 Å². The molecule has 2 N–H and O–H groups in total. The van der Waals surface area contributed by atoms with Gasteiger partial charge in [-0.2, -0.15) is 0 Å². The first-order valence-corrected chi connectivity index (χ1v) is 10.9. The number of hydrogen-bond acceptors (Lipinski definition) is 6. The highest BCUT2D eigenvalue weighted by atomic mass is 16.6. The van der Waals surface area contributed by atoms with Crippen LogP contribution in [0.15, 0.2) is 48.5 Å². The van der Waals surface area contributed by atoms with Gasteiger partial charge in [0, 0.05) is 12.8 Å². The number of benzene rings is 2. The smallest absolute Gasteiger partial charge is 0.220 e. The molecule has 0 radical (unpaired) electrons. The van der Waals surface area contributed by atoms with Gasteiger partial charge in [0.2, 0.25) is 11.8 Å². The quantitative estimate of drug-likeness (QED) is 0.687. The molecule has 0 unspecified atom stereocenters. The summed E-state index contributed by atoms with van der Waals surface area (Å²) < 4.78 is 23.2. The molecule has 32 heavy (non-hydrogen) atoms. The highest BCUT2D eigenvalue weighted by Crippen LogP contribution is 2.32. The SMILES string of the molecule is C[C@H](NC(=O)CCC(=O)N[C@@H](C)[C@H]1COc2ccccc2O1)[C@@H]1COc2ccccc2O1. The number of ether oxygens (including phenoxy) is 4. The van der Waals surface area contributed by atoms with Crippen LogP contribution in [0.1, 0.15) is 26.7 Å². The van der Waals surface area contributed by atoms with Crippen LogP contribution < -0.4 is 29.6 Å². The molecule has 0 spiro atoms. The second-order valence-electron chi connectivity index (χ2n) is 8.04. The van der Waals surface area contributed by atoms with Crippen LogP contribution in [0.25, 0.3) is 0 Å². The third-order valence-corrected chi connectivity index (χ3v) is 5.53. The Bertz CT molecular complexity index is 888. The Kier molecular flexibility index (Phi) is 6.68. The Morgan fingerprint density at radius 2 is 1.12 bits per heavy atom. The second kappa shape index (κ2) is 9.80. The molecule has 0 saturated carbocycles. The van der Waals surface area contributed by atoms with Crippen molar-refractivity contribution in [3.8, 4) is 23.0 Å². The van der Waals surface area contributed by atoms with Crippen molar-refractivity contribution in [1.82, 2.24) is 10.6 Å². The molecule has 2 heterocycles. The van der Waals surface area contributed by atoms with Crippen LogP contribution in [0.4, 0.5) is 0 Å². The van der Waals surface area contributed by atoms with E-state index in [9.17, 15) is 9.59 Å². The minimum absolute atomic E-state index is 0.0813. The average Bonchev–Trinajstić information content (AvgIpc) is 2.82. The van der Waals surface area contributed by atoms with Crippen molar-refractivity contribution in [3.63, 3.8) is 0 Å². The number of rotatable bonds is 7. The summed E-state index contributed by atoms with van der Waals surface area (Å²) in [4.78, 5) is 24.7. The lowest BCUT2D eigenvalue weighted by Gasteiger charge is -2.31. The Labute approximate surface area is 187 Å². The van der Waals surface area contributed by atoms with Crippen molar-refractivity contribution in [2.45, 2.75) is 51.0 Å². The maximum atomic E-state index is 12.3. The fraction of sp³-hybridized carbons (Fsp3) is 0.417. The summed E-state index contributed by atoms with van der Waals surface area (Å²) in [6.07, 6.45) is -0.432. The van der Waals surface area contributed by atoms with E-state index in [2.05, 4.69) is 10.6 Å². The van der Waals surface area contributed by atoms with Crippen molar-refractivity contribution >= 4 is 11.8 Å². The number of carbonyl (C=O) groups is 2. The zero-order valence-electron chi connectivity index (χ0n) is 18.2. The number of nitrogens with one attached hydrogen (secondary N) is 2. The van der Waals surface area contributed by atoms with E-state index < -0.39 is 0 Å². The maximum absolute atomic E-state index is 12.3. The molecule has 4 rings (SSSR count). The van der Waals surface area contributed by atoms with Gasteiger partial charge in [-0.1, -0.05) is 24.3 Å². The van der Waals surface area contributed by atoms with E-state index in [1.165, 1.54) is 0 Å². The molecular weight excluding hydrogens is 412 g/mol. The second-order valence-corrected chi connectivity index (χ2v) is 8.04. The summed E-state index contributed by atoms with van der Waals surface area (Å²) in [6.45, 7) is 4.42. The summed E-state index contributed by atoms with van der Waals surface area (Å²) in [5, 5.41) is 5.79. The first kappa shape index (κ1) is 21.8. The van der Waals surface area contributed by atoms with Gasteiger partial charge in [0.05, 0.1) is 12.1 Å². The van der Waals surface area contributed by atoms with E-state index in [-0.39, 0.29) is 48.9 Å². The third-order valence-electron chi connectivity index (χ3n) is 5.53. The van der Waals surface area contributed by atoms with Gasteiger partial charge in [-0.25, -0.2) is 0 Å². The van der Waals surface area contributed by atoms with Crippen LogP contribution in [-0.4, -0.2) is 49.3 Å². The molecule has 8 nitrogen and oxygen atoms in total. The minimum atomic E-state index is -0.297. The third kappa shape index (κ3) is 5.25. The standard InChI is InChI=1S/C24H28N2O6/c1-15(21-13-29-17-7-3-5-9-19(17)31-21)25-23(27)11-12-24(28)26-16(2)22-14-30-18-8-4-6-10-20(18)32-22/h3-10,15-16,21-22H,11-14H2,1-2H3,(H,25,27)(H,26,28)/t15-,16-,21-,22+/m0/s1. The normalized spacial score (nSPS) is 20.6. The molecule has 2 aromatic rings. The number of hydrogen-bond donors (Lipinski definition) is 2. The van der Waals surface area contributed by atoms with Gasteiger partial charge in [-0.15, -0.1) is 0 Å². The molecule has 170 valence electrons. The predicted molar refractivity (Wildman–Crippen MR) is 117 cm³/mol. The molecule has 0 bridgehead atoms. The van der Waals surface area contributed by atoms with Crippen molar-refractivity contribution < 1.29 is 28.5 Å². The molecular formula is C24H28N2O6. The van der Waals surface area contributed by atoms with Crippen LogP contribution in [-0.2, 0) is 9.59 Å². The number of para-hydroxylation sites is 4. The van der Waals surface area contributed by atoms with Crippen LogP contribution in [0, 0.1) is 0 Å². The fourth-order valence-corrected chi connectivity index (χ4v) is 3.63. The van der Waals surface area contributed by atoms with Crippen LogP contribution in [0.3, 0.4) is 0 Å². The van der Waals surface area contributed by atoms with Crippen molar-refractivity contribution in [2.24, 2.45) is 0 Å². The highest BCUT2D eigenvalue weighted by molar-refractivity contribution is 5.84. The van der Waals surface area contributed by atoms with Gasteiger partial charge in [0.25, 0.3) is 0 Å². The van der Waals surface area contributed by atoms with Crippen molar-refractivity contribution in [2.75, 3.05) is 13.2 Å². The predicted octanol–water partition coefficient (Wildman–Crippen LogP) is 2.46. The van der Waals surface area contributed by atoms with E-state index in [1.54, 1.807) is 0 Å². The summed E-state index contributed by atoms with van der Waals surface area (Å²) in [7, 11) is 0. The van der Waals surface area contributed by atoms with Crippen LogP contribution >= 0.6 is 0 Å². The minimum Gasteiger partial charge on any atom is -0.486 e. The lowest BCUT2D eigenvalue weighted by atomic mass is 10.1. The zero-order valence-corrected chi connectivity index (χ0v) is 18.2. The lowest BCUT2D eigenvalue weighted by Crippen LogP contribution is -2.49. The topological polar surface area (TPSA) is 95.1 Å². The van der Waals surface area contributed by atoms with E-state index >= 15 is 0 Å². The van der Waals surface area contributed by atoms with Gasteiger partial charge in [0.15, 0.2) is 35.2 Å². The van der Waals surface area contributed by atoms with Crippen LogP contribution in [0.2, 0.25) is 0 Å². The molecule has 2 aliphatic heterocycles. The summed E-state index contributed by atoms with van der Waals surface area (Å²) >= 11 is 0. The number of fused-ring (bicyclic) bond motifs is 2. The van der Waals surface area contributed by atoms with E-state index in [1.807, 2.05) is 62.4 Å². The first-order chi connectivity index (χ1) is 15.5. The van der Waals surface area contributed by atoms with Gasteiger partial charge in [0.1, 0.15) is 13.2 Å². The summed E-state index contributed by atoms with van der Waals surface area (Å²) in [5.74, 6) is 2.29. The molecule has 2 amide bonds. The Balaban J connectivity index is 1.18. The van der Waals surface area contributed by atoms with E-state index in [0.717, 1.165) is 0 Å². The maximum Gasteiger partial charge on any atom is 0.220 e. The van der Waals surface area contributed by atoms with E-state index in [0.29, 0.717) is 36.2 Å². The summed E-state index contributed by atoms with van der Waals surface area (Å²) in [6, 6.07) is 14.3. The zero-order chi connectivity index (χ0) is 22.5.